The second-order valence-corrected chi connectivity index (χ2v) is 8.40. The number of aliphatic imine (C=N–C) groups is 1. The predicted octanol–water partition coefficient (Wildman–Crippen LogP) is 4.27. The number of amides is 1. The number of hydrogen-bond acceptors (Lipinski definition) is 4. The van der Waals surface area contributed by atoms with E-state index in [1.165, 1.54) is 0 Å². The molecule has 0 unspecified atom stereocenters. The van der Waals surface area contributed by atoms with Crippen LogP contribution in [0.1, 0.15) is 46.0 Å². The van der Waals surface area contributed by atoms with Gasteiger partial charge in [-0.15, -0.1) is 24.0 Å². The van der Waals surface area contributed by atoms with Gasteiger partial charge in [0.15, 0.2) is 5.96 Å². The van der Waals surface area contributed by atoms with Crippen LogP contribution < -0.4 is 20.7 Å². The molecular weight excluding hydrogens is 505 g/mol. The largest absolute Gasteiger partial charge is 0.491 e. The summed E-state index contributed by atoms with van der Waals surface area (Å²) in [5, 5.41) is 9.26. The van der Waals surface area contributed by atoms with Crippen LogP contribution in [0, 0.1) is 6.92 Å². The van der Waals surface area contributed by atoms with Crippen LogP contribution in [-0.2, 0) is 11.3 Å². The van der Waals surface area contributed by atoms with Crippen LogP contribution in [0.25, 0.3) is 0 Å². The fraction of sp³-hybridized carbons (Fsp3) is 0.435. The summed E-state index contributed by atoms with van der Waals surface area (Å²) in [6.45, 7) is 12.3. The number of ether oxygens (including phenoxy) is 1. The Hall–Kier alpha value is -2.36. The molecule has 170 valence electrons. The lowest BCUT2D eigenvalue weighted by molar-refractivity contribution is -0.121. The van der Waals surface area contributed by atoms with Gasteiger partial charge in [0.05, 0.1) is 24.9 Å². The number of carbonyl (C=O) groups is 1. The molecule has 0 aliphatic rings. The van der Waals surface area contributed by atoms with E-state index in [0.717, 1.165) is 22.8 Å². The average molecular weight is 539 g/mol. The van der Waals surface area contributed by atoms with E-state index in [9.17, 15) is 4.79 Å². The number of rotatable bonds is 7. The minimum absolute atomic E-state index is 0. The molecular formula is C23H34IN5O2. The topological polar surface area (TPSA) is 87.6 Å². The standard InChI is InChI=1S/C23H33N5O2.HI/c1-16(2)30-20-12-10-18(11-13-20)27-22(25-15-21(29)28-23(4,5)6)24-14-19-9-7-8-17(3)26-19;/h7-13,16H,14-15H2,1-6H3,(H,28,29)(H2,24,25,27);1H. The molecule has 31 heavy (non-hydrogen) atoms. The highest BCUT2D eigenvalue weighted by atomic mass is 127. The molecule has 3 N–H and O–H groups in total. The van der Waals surface area contributed by atoms with Gasteiger partial charge < -0.3 is 20.7 Å². The molecule has 2 aromatic rings. The highest BCUT2D eigenvalue weighted by Gasteiger charge is 2.14. The number of guanidine groups is 1. The van der Waals surface area contributed by atoms with Gasteiger partial charge in [-0.05, 0) is 77.9 Å². The summed E-state index contributed by atoms with van der Waals surface area (Å²) in [4.78, 5) is 21.3. The van der Waals surface area contributed by atoms with Crippen molar-refractivity contribution >= 4 is 41.5 Å². The molecule has 8 heteroatoms. The lowest BCUT2D eigenvalue weighted by atomic mass is 10.1. The molecule has 1 aromatic heterocycles. The third kappa shape index (κ3) is 11.0. The van der Waals surface area contributed by atoms with Crippen LogP contribution in [0.2, 0.25) is 0 Å². The van der Waals surface area contributed by atoms with E-state index in [2.05, 4.69) is 25.9 Å². The molecule has 1 amide bonds. The monoisotopic (exact) mass is 539 g/mol. The second-order valence-electron chi connectivity index (χ2n) is 8.40. The van der Waals surface area contributed by atoms with Crippen molar-refractivity contribution < 1.29 is 9.53 Å². The first kappa shape index (κ1) is 26.7. The van der Waals surface area contributed by atoms with Crippen LogP contribution in [-0.4, -0.2) is 35.0 Å². The maximum absolute atomic E-state index is 12.2. The first-order valence-electron chi connectivity index (χ1n) is 10.2. The Morgan fingerprint density at radius 2 is 1.81 bits per heavy atom. The molecule has 0 aliphatic carbocycles. The number of halogens is 1. The third-order valence-electron chi connectivity index (χ3n) is 3.76. The van der Waals surface area contributed by atoms with Crippen LogP contribution in [0.5, 0.6) is 5.75 Å². The van der Waals surface area contributed by atoms with Gasteiger partial charge in [0, 0.05) is 16.9 Å². The van der Waals surface area contributed by atoms with Crippen molar-refractivity contribution in [1.82, 2.24) is 15.6 Å². The summed E-state index contributed by atoms with van der Waals surface area (Å²) in [5.41, 5.74) is 2.35. The number of anilines is 1. The van der Waals surface area contributed by atoms with Gasteiger partial charge in [0.1, 0.15) is 5.75 Å². The predicted molar refractivity (Wildman–Crippen MR) is 137 cm³/mol. The van der Waals surface area contributed by atoms with Gasteiger partial charge >= 0.3 is 0 Å². The van der Waals surface area contributed by atoms with Gasteiger partial charge in [0.2, 0.25) is 5.91 Å². The normalized spacial score (nSPS) is 11.5. The highest BCUT2D eigenvalue weighted by Crippen LogP contribution is 2.17. The first-order chi connectivity index (χ1) is 14.1. The molecule has 0 bridgehead atoms. The highest BCUT2D eigenvalue weighted by molar-refractivity contribution is 14.0. The van der Waals surface area contributed by atoms with E-state index in [-0.39, 0.29) is 48.1 Å². The average Bonchev–Trinajstić information content (AvgIpc) is 2.63. The Balaban J connectivity index is 0.00000480. The molecule has 0 aliphatic heterocycles. The van der Waals surface area contributed by atoms with Gasteiger partial charge in [0.25, 0.3) is 0 Å². The Morgan fingerprint density at radius 1 is 1.13 bits per heavy atom. The Bertz CT molecular complexity index is 861. The van der Waals surface area contributed by atoms with Gasteiger partial charge in [-0.25, -0.2) is 4.99 Å². The number of aryl methyl sites for hydroxylation is 1. The second kappa shape index (κ2) is 12.5. The SMILES string of the molecule is Cc1cccc(CN=C(NCC(=O)NC(C)(C)C)Nc2ccc(OC(C)C)cc2)n1.I. The number of hydrogen-bond donors (Lipinski definition) is 3. The number of nitrogens with one attached hydrogen (secondary N) is 3. The molecule has 0 saturated carbocycles. The molecule has 7 nitrogen and oxygen atoms in total. The van der Waals surface area contributed by atoms with Crippen molar-refractivity contribution in [2.24, 2.45) is 4.99 Å². The summed E-state index contributed by atoms with van der Waals surface area (Å²) >= 11 is 0. The fourth-order valence-electron chi connectivity index (χ4n) is 2.64. The number of nitrogens with zero attached hydrogens (tertiary/aromatic N) is 2. The lowest BCUT2D eigenvalue weighted by Crippen LogP contribution is -2.46. The number of aromatic nitrogens is 1. The van der Waals surface area contributed by atoms with Gasteiger partial charge in [-0.2, -0.15) is 0 Å². The maximum atomic E-state index is 12.2. The number of benzene rings is 1. The summed E-state index contributed by atoms with van der Waals surface area (Å²) in [6, 6.07) is 13.4. The molecule has 1 heterocycles. The van der Waals surface area contributed by atoms with E-state index in [1.54, 1.807) is 0 Å². The zero-order chi connectivity index (χ0) is 22.1. The van der Waals surface area contributed by atoms with Crippen molar-refractivity contribution in [3.63, 3.8) is 0 Å². The fourth-order valence-corrected chi connectivity index (χ4v) is 2.64. The maximum Gasteiger partial charge on any atom is 0.239 e. The van der Waals surface area contributed by atoms with Crippen LogP contribution in [0.4, 0.5) is 5.69 Å². The minimum Gasteiger partial charge on any atom is -0.491 e. The Morgan fingerprint density at radius 3 is 2.39 bits per heavy atom. The molecule has 2 rings (SSSR count). The molecule has 0 radical (unpaired) electrons. The third-order valence-corrected chi connectivity index (χ3v) is 3.76. The van der Waals surface area contributed by atoms with Crippen LogP contribution in [0.15, 0.2) is 47.5 Å². The van der Waals surface area contributed by atoms with Crippen molar-refractivity contribution in [2.45, 2.75) is 59.7 Å². The zero-order valence-corrected chi connectivity index (χ0v) is 21.5. The van der Waals surface area contributed by atoms with E-state index < -0.39 is 0 Å². The molecule has 0 spiro atoms. The van der Waals surface area contributed by atoms with Crippen LogP contribution in [0.3, 0.4) is 0 Å². The quantitative estimate of drug-likeness (QED) is 0.278. The summed E-state index contributed by atoms with van der Waals surface area (Å²) in [5.74, 6) is 1.20. The van der Waals surface area contributed by atoms with E-state index >= 15 is 0 Å². The van der Waals surface area contributed by atoms with Crippen molar-refractivity contribution in [2.75, 3.05) is 11.9 Å². The van der Waals surface area contributed by atoms with Gasteiger partial charge in [-0.1, -0.05) is 6.07 Å². The van der Waals surface area contributed by atoms with E-state index in [4.69, 9.17) is 4.74 Å². The minimum atomic E-state index is -0.290. The zero-order valence-electron chi connectivity index (χ0n) is 19.2. The van der Waals surface area contributed by atoms with Crippen molar-refractivity contribution in [3.05, 3.63) is 53.9 Å². The van der Waals surface area contributed by atoms with Crippen LogP contribution >= 0.6 is 24.0 Å². The number of pyridine rings is 1. The molecule has 0 fully saturated rings. The lowest BCUT2D eigenvalue weighted by Gasteiger charge is -2.21. The summed E-state index contributed by atoms with van der Waals surface area (Å²) in [7, 11) is 0. The smallest absolute Gasteiger partial charge is 0.239 e. The van der Waals surface area contributed by atoms with Crippen molar-refractivity contribution in [1.29, 1.82) is 0 Å². The van der Waals surface area contributed by atoms with E-state index in [1.807, 2.05) is 84.0 Å². The molecule has 0 saturated heterocycles. The summed E-state index contributed by atoms with van der Waals surface area (Å²) < 4.78 is 5.68. The molecule has 1 aromatic carbocycles. The number of carbonyl (C=O) groups excluding carboxylic acids is 1. The Kier molecular flexibility index (Phi) is 10.7. The van der Waals surface area contributed by atoms with Gasteiger partial charge in [-0.3, -0.25) is 9.78 Å². The van der Waals surface area contributed by atoms with Crippen molar-refractivity contribution in [3.8, 4) is 5.75 Å². The van der Waals surface area contributed by atoms with E-state index in [0.29, 0.717) is 12.5 Å². The summed E-state index contributed by atoms with van der Waals surface area (Å²) in [6.07, 6.45) is 0.116. The molecule has 0 atom stereocenters. The first-order valence-corrected chi connectivity index (χ1v) is 10.2. The Labute approximate surface area is 202 Å².